The molecule has 6 nitrogen and oxygen atoms in total. The van der Waals surface area contributed by atoms with Crippen LogP contribution in [0.4, 0.5) is 0 Å². The second-order valence-electron chi connectivity index (χ2n) is 7.80. The third-order valence-electron chi connectivity index (χ3n) is 5.15. The Bertz CT molecular complexity index is 555. The highest BCUT2D eigenvalue weighted by Gasteiger charge is 2.08. The number of nitrogens with one attached hydrogen (secondary N) is 1. The summed E-state index contributed by atoms with van der Waals surface area (Å²) < 4.78 is 0. The molecule has 0 amide bonds. The molecule has 1 atom stereocenters. The second kappa shape index (κ2) is 29.2. The van der Waals surface area contributed by atoms with Crippen LogP contribution in [0.3, 0.4) is 0 Å². The molecular formula is C28H53N3O3. The number of rotatable bonds is 11. The van der Waals surface area contributed by atoms with Crippen LogP contribution in [0.5, 0.6) is 0 Å². The maximum Gasteiger partial charge on any atom is 0.0319 e. The summed E-state index contributed by atoms with van der Waals surface area (Å²) in [5, 5.41) is 24.6. The molecule has 0 saturated carbocycles. The third kappa shape index (κ3) is 22.0. The predicted octanol–water partition coefficient (Wildman–Crippen LogP) is 3.37. The molecule has 0 aliphatic heterocycles. The van der Waals surface area contributed by atoms with E-state index in [-0.39, 0.29) is 0 Å². The lowest BCUT2D eigenvalue weighted by Crippen LogP contribution is -2.34. The van der Waals surface area contributed by atoms with Gasteiger partial charge in [0.1, 0.15) is 0 Å². The van der Waals surface area contributed by atoms with Crippen molar-refractivity contribution in [3.63, 3.8) is 0 Å². The first-order valence-corrected chi connectivity index (χ1v) is 12.2. The van der Waals surface area contributed by atoms with E-state index in [4.69, 9.17) is 26.8 Å². The number of aliphatic hydroxyl groups is 3. The van der Waals surface area contributed by atoms with Crippen LogP contribution in [0.1, 0.15) is 51.2 Å². The fraction of sp³-hybridized carbons (Fsp3) is 0.571. The van der Waals surface area contributed by atoms with Crippen molar-refractivity contribution in [2.45, 2.75) is 65.0 Å². The van der Waals surface area contributed by atoms with Crippen LogP contribution in [0.2, 0.25) is 0 Å². The molecule has 2 rings (SSSR count). The fourth-order valence-electron chi connectivity index (χ4n) is 3.08. The van der Waals surface area contributed by atoms with E-state index in [1.165, 1.54) is 11.1 Å². The smallest absolute Gasteiger partial charge is 0.0319 e. The SMILES string of the molecule is CCC(N)C(C)C.CO.CO.CO.NCCNC(CCc1ccccc1)CCc1ccccc1. The van der Waals surface area contributed by atoms with Crippen LogP contribution in [0, 0.1) is 5.92 Å². The Balaban J connectivity index is -0.000000623. The lowest BCUT2D eigenvalue weighted by atomic mass is 9.99. The molecule has 2 aromatic rings. The average molecular weight is 480 g/mol. The molecule has 8 N–H and O–H groups in total. The third-order valence-corrected chi connectivity index (χ3v) is 5.15. The lowest BCUT2D eigenvalue weighted by molar-refractivity contribution is 0.399. The van der Waals surface area contributed by atoms with Crippen molar-refractivity contribution in [3.8, 4) is 0 Å². The van der Waals surface area contributed by atoms with E-state index in [2.05, 4.69) is 86.8 Å². The van der Waals surface area contributed by atoms with Gasteiger partial charge in [0.15, 0.2) is 0 Å². The van der Waals surface area contributed by atoms with Gasteiger partial charge in [0.2, 0.25) is 0 Å². The van der Waals surface area contributed by atoms with Gasteiger partial charge in [0.25, 0.3) is 0 Å². The monoisotopic (exact) mass is 479 g/mol. The molecule has 198 valence electrons. The summed E-state index contributed by atoms with van der Waals surface area (Å²) in [6.07, 6.45) is 5.67. The molecule has 34 heavy (non-hydrogen) atoms. The van der Waals surface area contributed by atoms with E-state index in [0.717, 1.165) is 60.0 Å². The van der Waals surface area contributed by atoms with Gasteiger partial charge in [-0.05, 0) is 49.1 Å². The maximum absolute atomic E-state index is 7.00. The van der Waals surface area contributed by atoms with Gasteiger partial charge in [-0.1, -0.05) is 81.4 Å². The molecular weight excluding hydrogens is 426 g/mol. The molecule has 6 heteroatoms. The Labute approximate surface area is 209 Å². The number of benzene rings is 2. The van der Waals surface area contributed by atoms with E-state index >= 15 is 0 Å². The first-order valence-electron chi connectivity index (χ1n) is 12.2. The van der Waals surface area contributed by atoms with Crippen LogP contribution >= 0.6 is 0 Å². The quantitative estimate of drug-likeness (QED) is 0.294. The van der Waals surface area contributed by atoms with Crippen LogP contribution < -0.4 is 16.8 Å². The topological polar surface area (TPSA) is 125 Å². The summed E-state index contributed by atoms with van der Waals surface area (Å²) >= 11 is 0. The molecule has 0 spiro atoms. The molecule has 0 radical (unpaired) electrons. The highest BCUT2D eigenvalue weighted by molar-refractivity contribution is 5.16. The summed E-state index contributed by atoms with van der Waals surface area (Å²) in [5.41, 5.74) is 14.1. The molecule has 0 aliphatic rings. The van der Waals surface area contributed by atoms with Crippen molar-refractivity contribution >= 4 is 0 Å². The van der Waals surface area contributed by atoms with Crippen LogP contribution in [-0.2, 0) is 12.8 Å². The Morgan fingerprint density at radius 1 is 0.735 bits per heavy atom. The molecule has 1 unspecified atom stereocenters. The summed E-state index contributed by atoms with van der Waals surface area (Å²) in [6, 6.07) is 22.4. The minimum absolute atomic E-state index is 0.403. The predicted molar refractivity (Wildman–Crippen MR) is 148 cm³/mol. The number of hydrogen-bond acceptors (Lipinski definition) is 6. The highest BCUT2D eigenvalue weighted by atomic mass is 16.2. The number of aliphatic hydroxyl groups excluding tert-OH is 3. The molecule has 0 fully saturated rings. The first kappa shape index (κ1) is 36.8. The Morgan fingerprint density at radius 3 is 1.38 bits per heavy atom. The highest BCUT2D eigenvalue weighted by Crippen LogP contribution is 2.11. The second-order valence-corrected chi connectivity index (χ2v) is 7.80. The minimum Gasteiger partial charge on any atom is -0.400 e. The normalized spacial score (nSPS) is 10.4. The standard InChI is InChI=1S/C19H26N2.C6H15N.3CH4O/c20-15-16-21-19(13-11-17-7-3-1-4-8-17)14-12-18-9-5-2-6-10-18;1-4-6(7)5(2)3;3*1-2/h1-10,19,21H,11-16,20H2;5-6H,4,7H2,1-3H3;3*2H,1H3. The maximum atomic E-state index is 7.00. The van der Waals surface area contributed by atoms with E-state index in [1.54, 1.807) is 0 Å². The number of hydrogen-bond donors (Lipinski definition) is 6. The minimum atomic E-state index is 0.403. The van der Waals surface area contributed by atoms with Crippen molar-refractivity contribution in [2.24, 2.45) is 17.4 Å². The zero-order valence-electron chi connectivity index (χ0n) is 22.5. The summed E-state index contributed by atoms with van der Waals surface area (Å²) in [5.74, 6) is 0.644. The molecule has 0 aromatic heterocycles. The fourth-order valence-corrected chi connectivity index (χ4v) is 3.08. The lowest BCUT2D eigenvalue weighted by Gasteiger charge is -2.18. The van der Waals surface area contributed by atoms with E-state index in [0.29, 0.717) is 24.5 Å². The first-order chi connectivity index (χ1) is 16.6. The van der Waals surface area contributed by atoms with Gasteiger partial charge in [-0.15, -0.1) is 0 Å². The summed E-state index contributed by atoms with van der Waals surface area (Å²) in [4.78, 5) is 0. The summed E-state index contributed by atoms with van der Waals surface area (Å²) in [7, 11) is 3.00. The Kier molecular flexibility index (Phi) is 31.6. The Hall–Kier alpha value is -1.80. The molecule has 0 saturated heterocycles. The van der Waals surface area contributed by atoms with Gasteiger partial charge in [-0.25, -0.2) is 0 Å². The van der Waals surface area contributed by atoms with Crippen LogP contribution in [0.25, 0.3) is 0 Å². The average Bonchev–Trinajstić information content (AvgIpc) is 2.92. The van der Waals surface area contributed by atoms with Gasteiger partial charge < -0.3 is 32.1 Å². The van der Waals surface area contributed by atoms with E-state index < -0.39 is 0 Å². The van der Waals surface area contributed by atoms with Gasteiger partial charge in [-0.2, -0.15) is 0 Å². The van der Waals surface area contributed by atoms with Crippen molar-refractivity contribution in [2.75, 3.05) is 34.4 Å². The molecule has 0 bridgehead atoms. The van der Waals surface area contributed by atoms with Crippen molar-refractivity contribution in [1.29, 1.82) is 0 Å². The zero-order chi connectivity index (χ0) is 26.6. The van der Waals surface area contributed by atoms with Crippen molar-refractivity contribution in [3.05, 3.63) is 71.8 Å². The van der Waals surface area contributed by atoms with Crippen molar-refractivity contribution in [1.82, 2.24) is 5.32 Å². The molecule has 0 aliphatic carbocycles. The van der Waals surface area contributed by atoms with Crippen LogP contribution in [-0.4, -0.2) is 61.8 Å². The molecule has 0 heterocycles. The number of aryl methyl sites for hydroxylation is 2. The zero-order valence-corrected chi connectivity index (χ0v) is 22.5. The van der Waals surface area contributed by atoms with Crippen molar-refractivity contribution < 1.29 is 15.3 Å². The van der Waals surface area contributed by atoms with Gasteiger partial charge in [0.05, 0.1) is 0 Å². The largest absolute Gasteiger partial charge is 0.400 e. The summed E-state index contributed by atoms with van der Waals surface area (Å²) in [6.45, 7) is 8.01. The van der Waals surface area contributed by atoms with Crippen LogP contribution in [0.15, 0.2) is 60.7 Å². The van der Waals surface area contributed by atoms with Gasteiger partial charge in [-0.3, -0.25) is 0 Å². The van der Waals surface area contributed by atoms with Gasteiger partial charge >= 0.3 is 0 Å². The number of nitrogens with two attached hydrogens (primary N) is 2. The Morgan fingerprint density at radius 2 is 1.12 bits per heavy atom. The van der Waals surface area contributed by atoms with Gasteiger partial charge in [0, 0.05) is 46.5 Å². The van der Waals surface area contributed by atoms with E-state index in [9.17, 15) is 0 Å². The van der Waals surface area contributed by atoms with E-state index in [1.807, 2.05) is 0 Å². The molecule has 2 aromatic carbocycles.